The molecule has 3 rings (SSSR count). The molecule has 0 radical (unpaired) electrons. The summed E-state index contributed by atoms with van der Waals surface area (Å²) in [5.41, 5.74) is 6.46. The van der Waals surface area contributed by atoms with Gasteiger partial charge in [-0.25, -0.2) is 10.4 Å². The number of hydrogen-bond donors (Lipinski definition) is 3. The molecule has 1 aliphatic rings. The number of aromatic amines is 1. The van der Waals surface area contributed by atoms with Crippen LogP contribution in [0.1, 0.15) is 11.1 Å². The van der Waals surface area contributed by atoms with Crippen molar-refractivity contribution < 1.29 is 13.2 Å². The number of aromatic nitrogens is 2. The number of rotatable bonds is 1. The Bertz CT molecular complexity index is 751. The first-order valence-electron chi connectivity index (χ1n) is 5.67. The zero-order chi connectivity index (χ0) is 14.3. The third-order valence-corrected chi connectivity index (χ3v) is 3.04. The smallest absolute Gasteiger partial charge is 0.345 e. The topological polar surface area (TPSA) is 76.5 Å². The highest BCUT2D eigenvalue weighted by atomic mass is 19.4. The van der Waals surface area contributed by atoms with Gasteiger partial charge < -0.3 is 10.4 Å². The van der Waals surface area contributed by atoms with E-state index in [4.69, 9.17) is 5.26 Å². The van der Waals surface area contributed by atoms with Gasteiger partial charge >= 0.3 is 6.18 Å². The molecule has 0 bridgehead atoms. The summed E-state index contributed by atoms with van der Waals surface area (Å²) in [6, 6.07) is 3.03. The van der Waals surface area contributed by atoms with Gasteiger partial charge in [0.15, 0.2) is 0 Å². The zero-order valence-corrected chi connectivity index (χ0v) is 9.97. The summed E-state index contributed by atoms with van der Waals surface area (Å²) in [4.78, 5) is 6.56. The molecule has 102 valence electrons. The minimum atomic E-state index is -4.45. The molecule has 0 amide bonds. The summed E-state index contributed by atoms with van der Waals surface area (Å²) in [5, 5.41) is 9.32. The average molecular weight is 279 g/mol. The summed E-state index contributed by atoms with van der Waals surface area (Å²) in [6.07, 6.45) is -2.14. The van der Waals surface area contributed by atoms with Gasteiger partial charge in [0, 0.05) is 23.3 Å². The lowest BCUT2D eigenvalue weighted by molar-refractivity contribution is -0.137. The second kappa shape index (κ2) is 4.25. The maximum atomic E-state index is 12.7. The van der Waals surface area contributed by atoms with Crippen LogP contribution < -0.4 is 10.9 Å². The minimum absolute atomic E-state index is 0.318. The van der Waals surface area contributed by atoms with Gasteiger partial charge in [0.25, 0.3) is 0 Å². The van der Waals surface area contributed by atoms with E-state index in [0.717, 1.165) is 12.3 Å². The van der Waals surface area contributed by atoms with Crippen LogP contribution in [0.3, 0.4) is 0 Å². The van der Waals surface area contributed by atoms with Crippen LogP contribution >= 0.6 is 0 Å². The number of H-pyrrole nitrogens is 1. The van der Waals surface area contributed by atoms with Gasteiger partial charge in [-0.15, -0.1) is 0 Å². The maximum Gasteiger partial charge on any atom is 0.417 e. The van der Waals surface area contributed by atoms with Crippen LogP contribution in [-0.2, 0) is 6.18 Å². The zero-order valence-electron chi connectivity index (χ0n) is 9.97. The van der Waals surface area contributed by atoms with Crippen molar-refractivity contribution in [3.05, 3.63) is 35.2 Å². The molecular formula is C12H8F3N5. The van der Waals surface area contributed by atoms with Crippen LogP contribution in [0.15, 0.2) is 24.0 Å². The highest BCUT2D eigenvalue weighted by Gasteiger charge is 2.32. The van der Waals surface area contributed by atoms with Crippen LogP contribution in [0.4, 0.5) is 13.2 Å². The number of halogens is 3. The Morgan fingerprint density at radius 2 is 2.15 bits per heavy atom. The number of alkyl halides is 3. The van der Waals surface area contributed by atoms with E-state index in [1.165, 1.54) is 6.20 Å². The molecule has 0 saturated heterocycles. The van der Waals surface area contributed by atoms with Crippen molar-refractivity contribution >= 4 is 16.7 Å². The van der Waals surface area contributed by atoms with Crippen molar-refractivity contribution in [3.63, 3.8) is 0 Å². The van der Waals surface area contributed by atoms with Crippen LogP contribution in [0.2, 0.25) is 0 Å². The van der Waals surface area contributed by atoms with E-state index in [1.807, 2.05) is 6.07 Å². The molecule has 20 heavy (non-hydrogen) atoms. The molecule has 0 spiro atoms. The molecule has 3 heterocycles. The van der Waals surface area contributed by atoms with Crippen LogP contribution in [-0.4, -0.2) is 16.5 Å². The van der Waals surface area contributed by atoms with Crippen LogP contribution in [0.25, 0.3) is 16.7 Å². The van der Waals surface area contributed by atoms with Gasteiger partial charge in [-0.05, 0) is 6.07 Å². The van der Waals surface area contributed by atoms with Crippen molar-refractivity contribution in [3.8, 4) is 6.07 Å². The average Bonchev–Trinajstić information content (AvgIpc) is 3.02. The first-order chi connectivity index (χ1) is 9.50. The molecule has 0 aliphatic carbocycles. The van der Waals surface area contributed by atoms with Gasteiger partial charge in [-0.1, -0.05) is 0 Å². The number of hydrazine groups is 1. The predicted octanol–water partition coefficient (Wildman–Crippen LogP) is 1.92. The van der Waals surface area contributed by atoms with E-state index in [9.17, 15) is 13.2 Å². The fourth-order valence-corrected chi connectivity index (χ4v) is 2.08. The van der Waals surface area contributed by atoms with E-state index in [1.54, 1.807) is 0 Å². The number of nitrogens with zero attached hydrogens (tertiary/aromatic N) is 2. The summed E-state index contributed by atoms with van der Waals surface area (Å²) in [5.74, 6) is 0. The van der Waals surface area contributed by atoms with E-state index in [2.05, 4.69) is 20.8 Å². The summed E-state index contributed by atoms with van der Waals surface area (Å²) < 4.78 is 38.2. The van der Waals surface area contributed by atoms with Gasteiger partial charge in [-0.2, -0.15) is 18.4 Å². The Hall–Kier alpha value is -2.53. The number of pyridine rings is 1. The molecule has 0 saturated carbocycles. The maximum absolute atomic E-state index is 12.7. The lowest BCUT2D eigenvalue weighted by atomic mass is 10.1. The Labute approximate surface area is 111 Å². The molecule has 0 aromatic carbocycles. The molecule has 2 aromatic rings. The first-order valence-corrected chi connectivity index (χ1v) is 5.67. The van der Waals surface area contributed by atoms with Crippen molar-refractivity contribution in [1.29, 1.82) is 5.26 Å². The Balaban J connectivity index is 2.21. The molecule has 2 aromatic heterocycles. The van der Waals surface area contributed by atoms with Gasteiger partial charge in [0.1, 0.15) is 5.65 Å². The molecule has 8 heteroatoms. The molecule has 0 unspecified atom stereocenters. The summed E-state index contributed by atoms with van der Waals surface area (Å²) >= 11 is 0. The van der Waals surface area contributed by atoms with Crippen molar-refractivity contribution in [2.24, 2.45) is 0 Å². The molecule has 3 N–H and O–H groups in total. The van der Waals surface area contributed by atoms with E-state index < -0.39 is 11.7 Å². The van der Waals surface area contributed by atoms with Crippen LogP contribution in [0, 0.1) is 11.3 Å². The van der Waals surface area contributed by atoms with E-state index in [-0.39, 0.29) is 0 Å². The highest BCUT2D eigenvalue weighted by molar-refractivity contribution is 5.92. The van der Waals surface area contributed by atoms with Gasteiger partial charge in [-0.3, -0.25) is 0 Å². The minimum Gasteiger partial charge on any atom is -0.345 e. The lowest BCUT2D eigenvalue weighted by Gasteiger charge is -2.07. The standard InChI is InChI=1S/C12H8F3N5/c13-12(14,15)7-1-8-9(5-18-11(8)17-4-7)10-6(2-16)3-19-20-10/h1,4-5,19-20H,3H2,(H,17,18). The Morgan fingerprint density at radius 1 is 1.35 bits per heavy atom. The summed E-state index contributed by atoms with van der Waals surface area (Å²) in [6.45, 7) is 0.324. The summed E-state index contributed by atoms with van der Waals surface area (Å²) in [7, 11) is 0. The molecule has 5 nitrogen and oxygen atoms in total. The number of nitrogens with one attached hydrogen (secondary N) is 3. The number of nitriles is 1. The normalized spacial score (nSPS) is 15.5. The van der Waals surface area contributed by atoms with E-state index in [0.29, 0.717) is 34.4 Å². The van der Waals surface area contributed by atoms with Crippen molar-refractivity contribution in [2.45, 2.75) is 6.18 Å². The van der Waals surface area contributed by atoms with Gasteiger partial charge in [0.05, 0.1) is 29.4 Å². The first kappa shape index (κ1) is 12.5. The van der Waals surface area contributed by atoms with E-state index >= 15 is 0 Å². The molecule has 0 fully saturated rings. The van der Waals surface area contributed by atoms with Crippen molar-refractivity contribution in [2.75, 3.05) is 6.54 Å². The van der Waals surface area contributed by atoms with Crippen LogP contribution in [0.5, 0.6) is 0 Å². The monoisotopic (exact) mass is 279 g/mol. The number of hydrogen-bond acceptors (Lipinski definition) is 4. The third kappa shape index (κ3) is 1.88. The fourth-order valence-electron chi connectivity index (χ4n) is 2.08. The lowest BCUT2D eigenvalue weighted by Crippen LogP contribution is -2.23. The SMILES string of the molecule is N#CC1=C(c2c[nH]c3ncc(C(F)(F)F)cc23)NNC1. The highest BCUT2D eigenvalue weighted by Crippen LogP contribution is 2.33. The quantitative estimate of drug-likeness (QED) is 0.745. The molecule has 1 aliphatic heterocycles. The third-order valence-electron chi connectivity index (χ3n) is 3.04. The van der Waals surface area contributed by atoms with Crippen molar-refractivity contribution in [1.82, 2.24) is 20.8 Å². The number of fused-ring (bicyclic) bond motifs is 1. The Morgan fingerprint density at radius 3 is 2.85 bits per heavy atom. The molecular weight excluding hydrogens is 271 g/mol. The van der Waals surface area contributed by atoms with Gasteiger partial charge in [0.2, 0.25) is 0 Å². The largest absolute Gasteiger partial charge is 0.417 e. The predicted molar refractivity (Wildman–Crippen MR) is 64.8 cm³/mol. The molecule has 0 atom stereocenters. The fraction of sp³-hybridized carbons (Fsp3) is 0.167. The Kier molecular flexibility index (Phi) is 2.65. The second-order valence-electron chi connectivity index (χ2n) is 4.26. The second-order valence-corrected chi connectivity index (χ2v) is 4.26.